The van der Waals surface area contributed by atoms with Gasteiger partial charge in [0.1, 0.15) is 29.7 Å². The quantitative estimate of drug-likeness (QED) is 0.574. The van der Waals surface area contributed by atoms with Crippen LogP contribution in [0.1, 0.15) is 18.1 Å². The number of β-amino-alcohol motifs (C(OH)–C–C–N with tert-alkyl or cyclic N) is 1. The van der Waals surface area contributed by atoms with Gasteiger partial charge in [0, 0.05) is 0 Å². The molecule has 1 heterocycles. The van der Waals surface area contributed by atoms with Crippen LogP contribution >= 0.6 is 0 Å². The van der Waals surface area contributed by atoms with Gasteiger partial charge in [-0.25, -0.2) is 4.79 Å². The molecule has 0 aliphatic carbocycles. The van der Waals surface area contributed by atoms with E-state index in [1.165, 1.54) is 31.2 Å². The number of carbonyl (C=O) groups is 2. The van der Waals surface area contributed by atoms with Crippen LogP contribution in [0.4, 0.5) is 13.6 Å². The Morgan fingerprint density at radius 1 is 1.12 bits per heavy atom. The van der Waals surface area contributed by atoms with Gasteiger partial charge in [-0.2, -0.15) is 14.0 Å². The van der Waals surface area contributed by atoms with Crippen LogP contribution in [0.25, 0.3) is 0 Å². The Bertz CT molecular complexity index is 1010. The van der Waals surface area contributed by atoms with Crippen LogP contribution in [-0.4, -0.2) is 47.8 Å². The number of hydrogen-bond donors (Lipinski definition) is 2. The zero-order valence-corrected chi connectivity index (χ0v) is 17.1. The van der Waals surface area contributed by atoms with Gasteiger partial charge < -0.3 is 19.9 Å². The van der Waals surface area contributed by atoms with Crippen molar-refractivity contribution >= 4 is 11.9 Å². The number of halogens is 2. The van der Waals surface area contributed by atoms with Crippen molar-refractivity contribution in [2.75, 3.05) is 13.2 Å². The lowest BCUT2D eigenvalue weighted by Crippen LogP contribution is -2.42. The molecule has 8 nitrogen and oxygen atoms in total. The lowest BCUT2D eigenvalue weighted by atomic mass is 9.92. The third kappa shape index (κ3) is 5.12. The highest BCUT2D eigenvalue weighted by Crippen LogP contribution is 2.30. The third-order valence-corrected chi connectivity index (χ3v) is 4.97. The lowest BCUT2D eigenvalue weighted by Gasteiger charge is -2.23. The van der Waals surface area contributed by atoms with E-state index in [0.717, 1.165) is 10.5 Å². The average Bonchev–Trinajstić information content (AvgIpc) is 2.97. The number of carbonyl (C=O) groups excluding carboxylic acids is 2. The summed E-state index contributed by atoms with van der Waals surface area (Å²) in [5, 5.41) is 21.5. The van der Waals surface area contributed by atoms with Gasteiger partial charge in [-0.15, -0.1) is 0 Å². The molecule has 168 valence electrons. The molecule has 1 saturated heterocycles. The molecule has 0 aromatic heterocycles. The molecule has 0 saturated carbocycles. The number of imide groups is 1. The van der Waals surface area contributed by atoms with Crippen molar-refractivity contribution in [1.29, 1.82) is 5.26 Å². The number of ether oxygens (including phenoxy) is 2. The second kappa shape index (κ2) is 9.62. The molecular weight excluding hydrogens is 424 g/mol. The minimum atomic E-state index is -2.97. The van der Waals surface area contributed by atoms with E-state index in [2.05, 4.69) is 10.1 Å². The summed E-state index contributed by atoms with van der Waals surface area (Å²) in [4.78, 5) is 26.2. The van der Waals surface area contributed by atoms with Crippen LogP contribution in [0.2, 0.25) is 0 Å². The summed E-state index contributed by atoms with van der Waals surface area (Å²) in [5.74, 6) is -0.196. The van der Waals surface area contributed by atoms with Crippen molar-refractivity contribution in [2.45, 2.75) is 31.6 Å². The highest BCUT2D eigenvalue weighted by atomic mass is 19.3. The number of nitrogens with one attached hydrogen (secondary N) is 1. The SMILES string of the molecule is C[C@]1(c2ccc(OC(F)F)cc2)NC(=O)N(C[C@@H](O)COc2ccc(CC#N)cc2)C1=O. The van der Waals surface area contributed by atoms with Gasteiger partial charge >= 0.3 is 12.6 Å². The molecule has 1 aliphatic rings. The van der Waals surface area contributed by atoms with Gasteiger partial charge in [-0.1, -0.05) is 24.3 Å². The number of rotatable bonds is 9. The number of aliphatic hydroxyl groups is 1. The van der Waals surface area contributed by atoms with Gasteiger partial charge in [-0.3, -0.25) is 9.69 Å². The first kappa shape index (κ1) is 23.0. The van der Waals surface area contributed by atoms with Gasteiger partial charge in [0.15, 0.2) is 0 Å². The standard InChI is InChI=1S/C22H21F2N3O5/c1-22(15-4-8-18(9-5-15)32-20(23)24)19(29)27(21(30)26-22)12-16(28)13-31-17-6-2-14(3-7-17)10-11-25/h2-9,16,20,28H,10,12-13H2,1H3,(H,26,30)/t16-,22-/m1/s1. The number of amides is 3. The van der Waals surface area contributed by atoms with E-state index in [0.29, 0.717) is 11.3 Å². The maximum absolute atomic E-state index is 12.9. The summed E-state index contributed by atoms with van der Waals surface area (Å²) in [6.45, 7) is -1.94. The summed E-state index contributed by atoms with van der Waals surface area (Å²) in [6, 6.07) is 13.5. The van der Waals surface area contributed by atoms with E-state index >= 15 is 0 Å². The number of urea groups is 1. The molecule has 0 bridgehead atoms. The summed E-state index contributed by atoms with van der Waals surface area (Å²) in [7, 11) is 0. The number of benzene rings is 2. The van der Waals surface area contributed by atoms with Crippen LogP contribution in [0.3, 0.4) is 0 Å². The summed E-state index contributed by atoms with van der Waals surface area (Å²) < 4.78 is 34.4. The van der Waals surface area contributed by atoms with Crippen molar-refractivity contribution in [3.8, 4) is 17.6 Å². The van der Waals surface area contributed by atoms with Crippen LogP contribution < -0.4 is 14.8 Å². The zero-order valence-electron chi connectivity index (χ0n) is 17.1. The first-order valence-corrected chi connectivity index (χ1v) is 9.69. The molecule has 2 aromatic rings. The molecule has 2 N–H and O–H groups in total. The number of hydrogen-bond acceptors (Lipinski definition) is 6. The molecule has 1 fully saturated rings. The summed E-state index contributed by atoms with van der Waals surface area (Å²) in [5.41, 5.74) is -0.214. The minimum Gasteiger partial charge on any atom is -0.491 e. The molecule has 3 amide bonds. The Morgan fingerprint density at radius 3 is 2.34 bits per heavy atom. The van der Waals surface area contributed by atoms with Crippen LogP contribution in [-0.2, 0) is 16.8 Å². The Hall–Kier alpha value is -3.71. The fourth-order valence-electron chi connectivity index (χ4n) is 3.28. The predicted octanol–water partition coefficient (Wildman–Crippen LogP) is 2.56. The van der Waals surface area contributed by atoms with Gasteiger partial charge in [-0.05, 0) is 42.3 Å². The van der Waals surface area contributed by atoms with Crippen molar-refractivity contribution in [2.24, 2.45) is 0 Å². The fourth-order valence-corrected chi connectivity index (χ4v) is 3.28. The van der Waals surface area contributed by atoms with Crippen LogP contribution in [0.5, 0.6) is 11.5 Å². The Balaban J connectivity index is 1.60. The molecule has 32 heavy (non-hydrogen) atoms. The van der Waals surface area contributed by atoms with E-state index in [-0.39, 0.29) is 25.3 Å². The number of nitriles is 1. The highest BCUT2D eigenvalue weighted by molar-refractivity contribution is 6.07. The van der Waals surface area contributed by atoms with E-state index < -0.39 is 30.2 Å². The molecule has 0 spiro atoms. The highest BCUT2D eigenvalue weighted by Gasteiger charge is 2.49. The molecule has 0 unspecified atom stereocenters. The molecular formula is C22H21F2N3O5. The van der Waals surface area contributed by atoms with Crippen molar-refractivity contribution in [3.63, 3.8) is 0 Å². The monoisotopic (exact) mass is 445 g/mol. The van der Waals surface area contributed by atoms with Gasteiger partial charge in [0.2, 0.25) is 0 Å². The molecule has 10 heteroatoms. The van der Waals surface area contributed by atoms with Crippen LogP contribution in [0, 0.1) is 11.3 Å². The maximum Gasteiger partial charge on any atom is 0.387 e. The van der Waals surface area contributed by atoms with Crippen LogP contribution in [0.15, 0.2) is 48.5 Å². The molecule has 2 atom stereocenters. The first-order valence-electron chi connectivity index (χ1n) is 9.69. The third-order valence-electron chi connectivity index (χ3n) is 4.97. The number of aliphatic hydroxyl groups excluding tert-OH is 1. The number of alkyl halides is 2. The molecule has 0 radical (unpaired) electrons. The van der Waals surface area contributed by atoms with Gasteiger partial charge in [0.05, 0.1) is 19.0 Å². The fraction of sp³-hybridized carbons (Fsp3) is 0.318. The Kier molecular flexibility index (Phi) is 6.90. The van der Waals surface area contributed by atoms with E-state index in [1.54, 1.807) is 24.3 Å². The second-order valence-corrected chi connectivity index (χ2v) is 7.32. The maximum atomic E-state index is 12.9. The first-order chi connectivity index (χ1) is 15.2. The molecule has 3 rings (SSSR count). The largest absolute Gasteiger partial charge is 0.491 e. The van der Waals surface area contributed by atoms with E-state index in [1.807, 2.05) is 6.07 Å². The lowest BCUT2D eigenvalue weighted by molar-refractivity contribution is -0.132. The normalized spacial score (nSPS) is 18.9. The smallest absolute Gasteiger partial charge is 0.387 e. The second-order valence-electron chi connectivity index (χ2n) is 7.32. The minimum absolute atomic E-state index is 0.0748. The molecule has 2 aromatic carbocycles. The van der Waals surface area contributed by atoms with E-state index in [4.69, 9.17) is 10.00 Å². The topological polar surface area (TPSA) is 112 Å². The predicted molar refractivity (Wildman–Crippen MR) is 108 cm³/mol. The van der Waals surface area contributed by atoms with E-state index in [9.17, 15) is 23.5 Å². The Morgan fingerprint density at radius 2 is 1.75 bits per heavy atom. The zero-order chi connectivity index (χ0) is 23.3. The number of nitrogens with zero attached hydrogens (tertiary/aromatic N) is 2. The van der Waals surface area contributed by atoms with Crippen molar-refractivity contribution in [3.05, 3.63) is 59.7 Å². The molecule has 1 aliphatic heterocycles. The van der Waals surface area contributed by atoms with Crippen molar-refractivity contribution < 1.29 is 33.0 Å². The summed E-state index contributed by atoms with van der Waals surface area (Å²) in [6.07, 6.45) is -0.872. The van der Waals surface area contributed by atoms with Gasteiger partial charge in [0.25, 0.3) is 5.91 Å². The average molecular weight is 445 g/mol. The Labute approximate surface area is 183 Å². The van der Waals surface area contributed by atoms with Crippen molar-refractivity contribution in [1.82, 2.24) is 10.2 Å². The summed E-state index contributed by atoms with van der Waals surface area (Å²) >= 11 is 0.